The number of aromatic amines is 1. The molecule has 3 nitrogen and oxygen atoms in total. The summed E-state index contributed by atoms with van der Waals surface area (Å²) < 4.78 is 5.69. The van der Waals surface area contributed by atoms with Crippen molar-refractivity contribution in [2.45, 2.75) is 6.92 Å². The van der Waals surface area contributed by atoms with Gasteiger partial charge in [-0.3, -0.25) is 4.79 Å². The fourth-order valence-corrected chi connectivity index (χ4v) is 1.02. The lowest BCUT2D eigenvalue weighted by molar-refractivity contribution is 0.335. The Bertz CT molecular complexity index is 295. The summed E-state index contributed by atoms with van der Waals surface area (Å²) in [4.78, 5) is 13.9. The lowest BCUT2D eigenvalue weighted by Crippen LogP contribution is -2.06. The number of aromatic nitrogens is 1. The first kappa shape index (κ1) is 8.33. The molecule has 1 N–H and O–H groups in total. The Labute approximate surface area is 72.5 Å². The third-order valence-electron chi connectivity index (χ3n) is 1.14. The summed E-state index contributed by atoms with van der Waals surface area (Å²) in [6, 6.07) is 1.44. The third-order valence-corrected chi connectivity index (χ3v) is 1.60. The lowest BCUT2D eigenvalue weighted by atomic mass is 10.4. The Balaban J connectivity index is 3.00. The Morgan fingerprint density at radius 2 is 2.45 bits per heavy atom. The first-order chi connectivity index (χ1) is 5.24. The standard InChI is InChI=1S/C7H8BrNO2/c1-2-11-6-4-9-7(8)3-5(6)10/h3-4H,2H2,1H3,(H,9,10). The number of ether oxygens (including phenoxy) is 1. The van der Waals surface area contributed by atoms with Crippen molar-refractivity contribution in [1.29, 1.82) is 0 Å². The molecule has 0 bridgehead atoms. The van der Waals surface area contributed by atoms with Crippen LogP contribution in [0.25, 0.3) is 0 Å². The molecule has 0 amide bonds. The summed E-state index contributed by atoms with van der Waals surface area (Å²) in [5.74, 6) is 0.357. The van der Waals surface area contributed by atoms with Crippen LogP contribution in [-0.2, 0) is 0 Å². The summed E-state index contributed by atoms with van der Waals surface area (Å²) in [5.41, 5.74) is -0.113. The maximum absolute atomic E-state index is 11.1. The lowest BCUT2D eigenvalue weighted by Gasteiger charge is -1.99. The number of H-pyrrole nitrogens is 1. The van der Waals surface area contributed by atoms with E-state index in [1.54, 1.807) is 0 Å². The van der Waals surface area contributed by atoms with E-state index in [9.17, 15) is 4.79 Å². The monoisotopic (exact) mass is 217 g/mol. The Morgan fingerprint density at radius 1 is 1.73 bits per heavy atom. The average molecular weight is 218 g/mol. The van der Waals surface area contributed by atoms with Crippen molar-refractivity contribution in [2.75, 3.05) is 6.61 Å². The minimum Gasteiger partial charge on any atom is -0.488 e. The van der Waals surface area contributed by atoms with Crippen LogP contribution in [0.5, 0.6) is 5.75 Å². The van der Waals surface area contributed by atoms with Gasteiger partial charge in [-0.2, -0.15) is 0 Å². The van der Waals surface area contributed by atoms with Crippen LogP contribution in [-0.4, -0.2) is 11.6 Å². The molecular formula is C7H8BrNO2. The molecule has 0 saturated carbocycles. The van der Waals surface area contributed by atoms with Crippen LogP contribution in [0, 0.1) is 0 Å². The largest absolute Gasteiger partial charge is 0.488 e. The zero-order chi connectivity index (χ0) is 8.27. The molecule has 0 radical (unpaired) electrons. The highest BCUT2D eigenvalue weighted by Gasteiger charge is 1.98. The fraction of sp³-hybridized carbons (Fsp3) is 0.286. The smallest absolute Gasteiger partial charge is 0.224 e. The second-order valence-corrected chi connectivity index (χ2v) is 2.80. The van der Waals surface area contributed by atoms with Crippen molar-refractivity contribution in [3.63, 3.8) is 0 Å². The van der Waals surface area contributed by atoms with Crippen molar-refractivity contribution < 1.29 is 4.74 Å². The molecule has 0 fully saturated rings. The minimum absolute atomic E-state index is 0.113. The van der Waals surface area contributed by atoms with Gasteiger partial charge in [0.05, 0.1) is 11.2 Å². The van der Waals surface area contributed by atoms with Gasteiger partial charge < -0.3 is 9.72 Å². The van der Waals surface area contributed by atoms with Gasteiger partial charge in [-0.1, -0.05) is 0 Å². The fourth-order valence-electron chi connectivity index (χ4n) is 0.702. The Morgan fingerprint density at radius 3 is 3.00 bits per heavy atom. The molecule has 0 spiro atoms. The summed E-state index contributed by atoms with van der Waals surface area (Å²) in [5, 5.41) is 0. The van der Waals surface area contributed by atoms with Crippen molar-refractivity contribution >= 4 is 15.9 Å². The second kappa shape index (κ2) is 3.57. The van der Waals surface area contributed by atoms with E-state index in [2.05, 4.69) is 20.9 Å². The van der Waals surface area contributed by atoms with E-state index >= 15 is 0 Å². The van der Waals surface area contributed by atoms with Crippen LogP contribution < -0.4 is 10.2 Å². The first-order valence-corrected chi connectivity index (χ1v) is 4.04. The summed E-state index contributed by atoms with van der Waals surface area (Å²) in [7, 11) is 0. The Hall–Kier alpha value is -0.770. The highest BCUT2D eigenvalue weighted by Crippen LogP contribution is 2.05. The number of hydrogen-bond acceptors (Lipinski definition) is 2. The topological polar surface area (TPSA) is 42.1 Å². The molecule has 60 valence electrons. The molecule has 0 saturated heterocycles. The molecule has 0 aliphatic heterocycles. The molecule has 1 rings (SSSR count). The molecule has 0 unspecified atom stereocenters. The van der Waals surface area contributed by atoms with Gasteiger partial charge in [-0.05, 0) is 22.9 Å². The van der Waals surface area contributed by atoms with Crippen molar-refractivity contribution in [2.24, 2.45) is 0 Å². The Kier molecular flexibility index (Phi) is 2.70. The van der Waals surface area contributed by atoms with E-state index in [4.69, 9.17) is 4.74 Å². The van der Waals surface area contributed by atoms with Crippen LogP contribution in [0.4, 0.5) is 0 Å². The quantitative estimate of drug-likeness (QED) is 0.765. The van der Waals surface area contributed by atoms with Gasteiger partial charge in [-0.15, -0.1) is 0 Å². The predicted octanol–water partition coefficient (Wildman–Crippen LogP) is 1.54. The molecule has 0 atom stereocenters. The SMILES string of the molecule is CCOc1c[nH]c(Br)cc1=O. The van der Waals surface area contributed by atoms with E-state index in [-0.39, 0.29) is 5.43 Å². The third kappa shape index (κ3) is 2.08. The zero-order valence-corrected chi connectivity index (χ0v) is 7.64. The molecule has 1 aromatic heterocycles. The van der Waals surface area contributed by atoms with Crippen LogP contribution >= 0.6 is 15.9 Å². The van der Waals surface area contributed by atoms with E-state index in [1.165, 1.54) is 12.3 Å². The molecule has 1 heterocycles. The van der Waals surface area contributed by atoms with Crippen LogP contribution in [0.1, 0.15) is 6.92 Å². The van der Waals surface area contributed by atoms with Crippen molar-refractivity contribution in [1.82, 2.24) is 4.98 Å². The number of pyridine rings is 1. The maximum atomic E-state index is 11.1. The molecule has 4 heteroatoms. The molecule has 1 aromatic rings. The molecule has 0 aliphatic rings. The van der Waals surface area contributed by atoms with E-state index in [0.29, 0.717) is 17.0 Å². The molecule has 0 aliphatic carbocycles. The summed E-state index contributed by atoms with van der Waals surface area (Å²) in [6.07, 6.45) is 1.54. The maximum Gasteiger partial charge on any atom is 0.224 e. The first-order valence-electron chi connectivity index (χ1n) is 3.25. The average Bonchev–Trinajstić information content (AvgIpc) is 1.95. The van der Waals surface area contributed by atoms with Crippen LogP contribution in [0.15, 0.2) is 21.7 Å². The van der Waals surface area contributed by atoms with Gasteiger partial charge >= 0.3 is 0 Å². The van der Waals surface area contributed by atoms with E-state index < -0.39 is 0 Å². The van der Waals surface area contributed by atoms with Crippen LogP contribution in [0.2, 0.25) is 0 Å². The highest BCUT2D eigenvalue weighted by molar-refractivity contribution is 9.10. The summed E-state index contributed by atoms with van der Waals surface area (Å²) >= 11 is 3.14. The number of rotatable bonds is 2. The van der Waals surface area contributed by atoms with E-state index in [1.807, 2.05) is 6.92 Å². The zero-order valence-electron chi connectivity index (χ0n) is 6.06. The van der Waals surface area contributed by atoms with Gasteiger partial charge in [0.1, 0.15) is 0 Å². The normalized spacial score (nSPS) is 9.64. The number of nitrogens with one attached hydrogen (secondary N) is 1. The van der Waals surface area contributed by atoms with Gasteiger partial charge in [0.2, 0.25) is 5.43 Å². The van der Waals surface area contributed by atoms with E-state index in [0.717, 1.165) is 0 Å². The summed E-state index contributed by atoms with van der Waals surface area (Å²) in [6.45, 7) is 2.34. The number of hydrogen-bond donors (Lipinski definition) is 1. The molecule has 0 aromatic carbocycles. The number of halogens is 1. The second-order valence-electron chi connectivity index (χ2n) is 1.94. The van der Waals surface area contributed by atoms with Crippen LogP contribution in [0.3, 0.4) is 0 Å². The van der Waals surface area contributed by atoms with Gasteiger partial charge in [0.25, 0.3) is 0 Å². The molecular weight excluding hydrogens is 210 g/mol. The predicted molar refractivity (Wildman–Crippen MR) is 45.9 cm³/mol. The minimum atomic E-state index is -0.113. The van der Waals surface area contributed by atoms with Crippen molar-refractivity contribution in [3.8, 4) is 5.75 Å². The highest BCUT2D eigenvalue weighted by atomic mass is 79.9. The van der Waals surface area contributed by atoms with Gasteiger partial charge in [0, 0.05) is 12.3 Å². The van der Waals surface area contributed by atoms with Crippen molar-refractivity contribution in [3.05, 3.63) is 27.1 Å². The van der Waals surface area contributed by atoms with Gasteiger partial charge in [0.15, 0.2) is 5.75 Å². The molecule has 11 heavy (non-hydrogen) atoms. The van der Waals surface area contributed by atoms with Gasteiger partial charge in [-0.25, -0.2) is 0 Å².